The Morgan fingerprint density at radius 2 is 0.982 bits per heavy atom. The van der Waals surface area contributed by atoms with Crippen LogP contribution in [0.15, 0.2) is 36.5 Å². The lowest BCUT2D eigenvalue weighted by Crippen LogP contribution is -2.37. The van der Waals surface area contributed by atoms with E-state index in [2.05, 4.69) is 50.3 Å². The van der Waals surface area contributed by atoms with Gasteiger partial charge in [0.05, 0.1) is 34.4 Å². The lowest BCUT2D eigenvalue weighted by molar-refractivity contribution is -0.870. The van der Waals surface area contributed by atoms with Gasteiger partial charge in [0.1, 0.15) is 19.3 Å². The van der Waals surface area contributed by atoms with Crippen molar-refractivity contribution in [2.45, 2.75) is 206 Å². The molecule has 0 radical (unpaired) electrons. The number of hydrogen-bond donors (Lipinski definition) is 1. The summed E-state index contributed by atoms with van der Waals surface area (Å²) in [5, 5.41) is 0. The van der Waals surface area contributed by atoms with Crippen molar-refractivity contribution in [1.29, 1.82) is 0 Å². The molecular formula is C47H91NO7P+. The zero-order valence-corrected chi connectivity index (χ0v) is 38.3. The van der Waals surface area contributed by atoms with Crippen molar-refractivity contribution in [3.63, 3.8) is 0 Å². The first-order valence-corrected chi connectivity index (χ1v) is 24.7. The Kier molecular flexibility index (Phi) is 39.6. The Labute approximate surface area is 346 Å². The molecule has 0 rings (SSSR count). The van der Waals surface area contributed by atoms with Gasteiger partial charge >= 0.3 is 13.8 Å². The summed E-state index contributed by atoms with van der Waals surface area (Å²) in [4.78, 5) is 22.8. The van der Waals surface area contributed by atoms with Crippen LogP contribution in [-0.2, 0) is 27.9 Å². The third kappa shape index (κ3) is 43.8. The molecule has 1 N–H and O–H groups in total. The minimum atomic E-state index is -4.27. The van der Waals surface area contributed by atoms with Gasteiger partial charge < -0.3 is 18.9 Å². The van der Waals surface area contributed by atoms with Crippen molar-refractivity contribution >= 4 is 13.8 Å². The summed E-state index contributed by atoms with van der Waals surface area (Å²) in [5.41, 5.74) is 0. The zero-order chi connectivity index (χ0) is 41.3. The smallest absolute Gasteiger partial charge is 0.457 e. The third-order valence-corrected chi connectivity index (χ3v) is 10.9. The Morgan fingerprint density at radius 1 is 0.554 bits per heavy atom. The minimum Gasteiger partial charge on any atom is -0.457 e. The third-order valence-electron chi connectivity index (χ3n) is 9.95. The Hall–Kier alpha value is -1.28. The molecule has 0 aromatic carbocycles. The fraction of sp³-hybridized carbons (Fsp3) is 0.851. The molecule has 330 valence electrons. The van der Waals surface area contributed by atoms with Crippen LogP contribution in [0.25, 0.3) is 0 Å². The van der Waals surface area contributed by atoms with Crippen molar-refractivity contribution in [1.82, 2.24) is 0 Å². The van der Waals surface area contributed by atoms with Gasteiger partial charge in [-0.3, -0.25) is 13.8 Å². The molecule has 56 heavy (non-hydrogen) atoms. The van der Waals surface area contributed by atoms with Gasteiger partial charge in [-0.05, 0) is 51.4 Å². The van der Waals surface area contributed by atoms with Gasteiger partial charge in [-0.1, -0.05) is 179 Å². The molecule has 0 heterocycles. The average Bonchev–Trinajstić information content (AvgIpc) is 3.15. The fourth-order valence-corrected chi connectivity index (χ4v) is 7.07. The van der Waals surface area contributed by atoms with E-state index in [1.807, 2.05) is 21.1 Å². The van der Waals surface area contributed by atoms with Crippen LogP contribution >= 0.6 is 7.82 Å². The molecule has 2 unspecified atom stereocenters. The fourth-order valence-electron chi connectivity index (χ4n) is 6.32. The highest BCUT2D eigenvalue weighted by molar-refractivity contribution is 7.47. The monoisotopic (exact) mass is 813 g/mol. The number of rotatable bonds is 43. The second kappa shape index (κ2) is 40.5. The molecule has 0 amide bonds. The molecule has 8 nitrogen and oxygen atoms in total. The van der Waals surface area contributed by atoms with Gasteiger partial charge in [0, 0.05) is 13.0 Å². The second-order valence-corrected chi connectivity index (χ2v) is 18.2. The summed E-state index contributed by atoms with van der Waals surface area (Å²) in [6, 6.07) is 0. The van der Waals surface area contributed by atoms with E-state index in [4.69, 9.17) is 18.5 Å². The zero-order valence-electron chi connectivity index (χ0n) is 37.4. The number of esters is 1. The van der Waals surface area contributed by atoms with Gasteiger partial charge in [0.2, 0.25) is 0 Å². The van der Waals surface area contributed by atoms with Crippen LogP contribution < -0.4 is 0 Å². The van der Waals surface area contributed by atoms with Gasteiger partial charge in [-0.15, -0.1) is 0 Å². The number of quaternary nitrogens is 1. The van der Waals surface area contributed by atoms with E-state index >= 15 is 0 Å². The maximum atomic E-state index is 12.6. The average molecular weight is 813 g/mol. The first kappa shape index (κ1) is 54.7. The molecule has 0 aliphatic carbocycles. The number of carbonyl (C=O) groups excluding carboxylic acids is 1. The van der Waals surface area contributed by atoms with Crippen LogP contribution in [0.2, 0.25) is 0 Å². The Bertz CT molecular complexity index is 994. The summed E-state index contributed by atoms with van der Waals surface area (Å²) in [7, 11) is 1.67. The Morgan fingerprint density at radius 3 is 1.46 bits per heavy atom. The summed E-state index contributed by atoms with van der Waals surface area (Å²) >= 11 is 0. The highest BCUT2D eigenvalue weighted by atomic mass is 31.2. The van der Waals surface area contributed by atoms with E-state index < -0.39 is 13.9 Å². The maximum Gasteiger partial charge on any atom is 0.472 e. The highest BCUT2D eigenvalue weighted by Gasteiger charge is 2.26. The van der Waals surface area contributed by atoms with Gasteiger partial charge in [0.25, 0.3) is 0 Å². The van der Waals surface area contributed by atoms with E-state index in [1.165, 1.54) is 135 Å². The molecule has 0 fully saturated rings. The maximum absolute atomic E-state index is 12.6. The topological polar surface area (TPSA) is 91.3 Å². The lowest BCUT2D eigenvalue weighted by atomic mass is 10.1. The molecule has 0 saturated carbocycles. The normalized spacial score (nSPS) is 14.0. The number of likely N-dealkylation sites (N-methyl/N-ethyl adjacent to an activating group) is 1. The summed E-state index contributed by atoms with van der Waals surface area (Å²) < 4.78 is 34.9. The van der Waals surface area contributed by atoms with E-state index in [0.29, 0.717) is 24.1 Å². The first-order valence-electron chi connectivity index (χ1n) is 23.2. The molecule has 2 atom stereocenters. The van der Waals surface area contributed by atoms with E-state index in [-0.39, 0.29) is 25.8 Å². The predicted octanol–water partition coefficient (Wildman–Crippen LogP) is 13.8. The number of phosphoric ester groups is 1. The molecule has 0 saturated heterocycles. The van der Waals surface area contributed by atoms with Crippen LogP contribution in [0.1, 0.15) is 200 Å². The van der Waals surface area contributed by atoms with E-state index in [9.17, 15) is 14.3 Å². The van der Waals surface area contributed by atoms with E-state index in [1.54, 1.807) is 0 Å². The molecule has 0 bridgehead atoms. The Balaban J connectivity index is 4.00. The van der Waals surface area contributed by atoms with Crippen molar-refractivity contribution in [3.05, 3.63) is 36.5 Å². The molecular weight excluding hydrogens is 721 g/mol. The number of hydrogen-bond acceptors (Lipinski definition) is 6. The molecule has 0 aliphatic heterocycles. The van der Waals surface area contributed by atoms with Crippen LogP contribution in [-0.4, -0.2) is 75.6 Å². The van der Waals surface area contributed by atoms with Crippen LogP contribution in [0.4, 0.5) is 0 Å². The minimum absolute atomic E-state index is 0.0888. The van der Waals surface area contributed by atoms with Crippen molar-refractivity contribution < 1.29 is 37.3 Å². The lowest BCUT2D eigenvalue weighted by Gasteiger charge is -2.24. The highest BCUT2D eigenvalue weighted by Crippen LogP contribution is 2.43. The SMILES string of the molecule is CCCCCCC/C=C\C/C=C\C/C=C\CCCCCCCCCCCCCOCC(COP(=O)(O)OCC[N+](C)(C)C)OC(=O)CCCCCCCCCC. The van der Waals surface area contributed by atoms with Crippen LogP contribution in [0.5, 0.6) is 0 Å². The van der Waals surface area contributed by atoms with Crippen LogP contribution in [0.3, 0.4) is 0 Å². The summed E-state index contributed by atoms with van der Waals surface area (Å²) in [6.07, 6.45) is 47.7. The number of carbonyl (C=O) groups is 1. The standard InChI is InChI=1S/C47H90NO7P/c1-6-8-10-12-14-16-17-18-19-20-21-22-23-24-25-26-27-28-29-30-31-32-33-35-37-39-42-52-44-46(45-54-56(50,51)53-43-41-48(3,4)5)55-47(49)40-38-36-34-15-13-11-9-7-2/h17-18,20-21,23-24,46H,6-16,19,22,25-45H2,1-5H3/p+1/b18-17-,21-20-,24-23-. The number of phosphoric acid groups is 1. The number of unbranched alkanes of at least 4 members (excludes halogenated alkanes) is 23. The largest absolute Gasteiger partial charge is 0.472 e. The molecule has 0 aromatic heterocycles. The number of allylic oxidation sites excluding steroid dienone is 6. The van der Waals surface area contributed by atoms with Gasteiger partial charge in [-0.25, -0.2) is 4.57 Å². The van der Waals surface area contributed by atoms with Crippen LogP contribution in [0, 0.1) is 0 Å². The first-order chi connectivity index (χ1) is 27.1. The summed E-state index contributed by atoms with van der Waals surface area (Å²) in [5.74, 6) is -0.319. The van der Waals surface area contributed by atoms with Gasteiger partial charge in [-0.2, -0.15) is 0 Å². The second-order valence-electron chi connectivity index (χ2n) is 16.8. The summed E-state index contributed by atoms with van der Waals surface area (Å²) in [6.45, 7) is 5.59. The van der Waals surface area contributed by atoms with Crippen molar-refractivity contribution in [2.75, 3.05) is 54.1 Å². The van der Waals surface area contributed by atoms with E-state index in [0.717, 1.165) is 44.9 Å². The molecule has 9 heteroatoms. The number of nitrogens with zero attached hydrogens (tertiary/aromatic N) is 1. The quantitative estimate of drug-likeness (QED) is 0.0215. The van der Waals surface area contributed by atoms with Crippen molar-refractivity contribution in [2.24, 2.45) is 0 Å². The molecule has 0 aromatic rings. The van der Waals surface area contributed by atoms with Crippen molar-refractivity contribution in [3.8, 4) is 0 Å². The van der Waals surface area contributed by atoms with Gasteiger partial charge in [0.15, 0.2) is 0 Å². The molecule has 0 aliphatic rings. The predicted molar refractivity (Wildman–Crippen MR) is 238 cm³/mol. The number of ether oxygens (including phenoxy) is 2. The molecule has 0 spiro atoms.